The molecule has 5 nitrogen and oxygen atoms in total. The van der Waals surface area contributed by atoms with Crippen molar-refractivity contribution in [2.24, 2.45) is 0 Å². The number of aryl methyl sites for hydroxylation is 2. The molecule has 5 heteroatoms. The van der Waals surface area contributed by atoms with E-state index in [1.807, 2.05) is 55.9 Å². The predicted octanol–water partition coefficient (Wildman–Crippen LogP) is 2.70. The fraction of sp³-hybridized carbons (Fsp3) is 0.316. The first-order chi connectivity index (χ1) is 11.5. The van der Waals surface area contributed by atoms with Crippen LogP contribution in [0.15, 0.2) is 35.1 Å². The molecule has 1 N–H and O–H groups in total. The van der Waals surface area contributed by atoms with Crippen LogP contribution < -0.4 is 20.2 Å². The number of hydrogen-bond acceptors (Lipinski definition) is 4. The molecule has 1 heterocycles. The molecular formula is C19H24N2O3. The number of hydrogen-bond donors (Lipinski definition) is 1. The predicted molar refractivity (Wildman–Crippen MR) is 97.8 cm³/mol. The van der Waals surface area contributed by atoms with Crippen molar-refractivity contribution >= 4 is 12.3 Å². The van der Waals surface area contributed by atoms with Crippen LogP contribution in [-0.4, -0.2) is 31.9 Å². The van der Waals surface area contributed by atoms with Crippen LogP contribution in [-0.2, 0) is 0 Å². The van der Waals surface area contributed by atoms with Crippen molar-refractivity contribution in [1.82, 2.24) is 9.88 Å². The third-order valence-electron chi connectivity index (χ3n) is 3.68. The Labute approximate surface area is 142 Å². The molecular weight excluding hydrogens is 304 g/mol. The molecule has 0 amide bonds. The molecule has 0 atom stereocenters. The van der Waals surface area contributed by atoms with Crippen molar-refractivity contribution in [3.63, 3.8) is 0 Å². The maximum Gasteiger partial charge on any atom is 0.182 e. The van der Waals surface area contributed by atoms with E-state index in [1.54, 1.807) is 19.2 Å². The normalized spacial score (nSPS) is 11.0. The number of likely N-dealkylation sites (N-methyl/N-ethyl adjacent to an activating group) is 1. The van der Waals surface area contributed by atoms with E-state index in [-0.39, 0.29) is 5.43 Å². The van der Waals surface area contributed by atoms with Gasteiger partial charge in [0.1, 0.15) is 6.61 Å². The molecule has 0 aliphatic heterocycles. The van der Waals surface area contributed by atoms with Gasteiger partial charge in [-0.2, -0.15) is 0 Å². The second kappa shape index (κ2) is 8.36. The number of benzene rings is 1. The summed E-state index contributed by atoms with van der Waals surface area (Å²) in [4.78, 5) is 11.5. The molecule has 0 saturated heterocycles. The summed E-state index contributed by atoms with van der Waals surface area (Å²) in [5.74, 6) is 1.42. The maximum atomic E-state index is 11.5. The molecule has 0 unspecified atom stereocenters. The van der Waals surface area contributed by atoms with Gasteiger partial charge in [0.05, 0.1) is 7.11 Å². The molecule has 128 valence electrons. The van der Waals surface area contributed by atoms with Crippen LogP contribution in [0.25, 0.3) is 12.3 Å². The number of aromatic nitrogens is 1. The summed E-state index contributed by atoms with van der Waals surface area (Å²) >= 11 is 0. The second-order valence-electron chi connectivity index (χ2n) is 5.52. The number of ether oxygens (including phenoxy) is 2. The van der Waals surface area contributed by atoms with Crippen LogP contribution in [0.2, 0.25) is 0 Å². The summed E-state index contributed by atoms with van der Waals surface area (Å²) in [5.41, 5.74) is 2.82. The lowest BCUT2D eigenvalue weighted by Crippen LogP contribution is -2.16. The van der Waals surface area contributed by atoms with Crippen LogP contribution >= 0.6 is 0 Å². The fourth-order valence-corrected chi connectivity index (χ4v) is 2.44. The number of pyridine rings is 1. The molecule has 0 aliphatic carbocycles. The topological polar surface area (TPSA) is 52.5 Å². The lowest BCUT2D eigenvalue weighted by Gasteiger charge is -2.12. The monoisotopic (exact) mass is 328 g/mol. The lowest BCUT2D eigenvalue weighted by atomic mass is 10.2. The van der Waals surface area contributed by atoms with Crippen molar-refractivity contribution < 1.29 is 9.47 Å². The van der Waals surface area contributed by atoms with E-state index in [0.717, 1.165) is 23.5 Å². The Kier molecular flexibility index (Phi) is 6.21. The number of methoxy groups -OCH3 is 1. The Hall–Kier alpha value is -2.53. The third kappa shape index (κ3) is 4.49. The van der Waals surface area contributed by atoms with Crippen molar-refractivity contribution in [3.05, 3.63) is 57.5 Å². The largest absolute Gasteiger partial charge is 0.493 e. The van der Waals surface area contributed by atoms with Crippen molar-refractivity contribution in [2.75, 3.05) is 27.3 Å². The molecule has 2 rings (SSSR count). The van der Waals surface area contributed by atoms with E-state index >= 15 is 0 Å². The highest BCUT2D eigenvalue weighted by Crippen LogP contribution is 2.28. The summed E-state index contributed by atoms with van der Waals surface area (Å²) in [6, 6.07) is 9.04. The van der Waals surface area contributed by atoms with Gasteiger partial charge in [-0.15, -0.1) is 0 Å². The fourth-order valence-electron chi connectivity index (χ4n) is 2.44. The molecule has 1 aromatic heterocycles. The van der Waals surface area contributed by atoms with Gasteiger partial charge < -0.3 is 19.4 Å². The van der Waals surface area contributed by atoms with Crippen molar-refractivity contribution in [1.29, 1.82) is 0 Å². The molecule has 0 bridgehead atoms. The van der Waals surface area contributed by atoms with Crippen LogP contribution in [0.4, 0.5) is 0 Å². The summed E-state index contributed by atoms with van der Waals surface area (Å²) in [5, 5.41) is 3.05. The highest BCUT2D eigenvalue weighted by atomic mass is 16.5. The minimum atomic E-state index is 0.0271. The van der Waals surface area contributed by atoms with Gasteiger partial charge in [-0.3, -0.25) is 4.79 Å². The minimum absolute atomic E-state index is 0.0271. The molecule has 0 radical (unpaired) electrons. The number of nitrogens with one attached hydrogen (secondary N) is 1. The van der Waals surface area contributed by atoms with E-state index in [4.69, 9.17) is 9.47 Å². The summed E-state index contributed by atoms with van der Waals surface area (Å²) in [6.45, 7) is 5.16. The van der Waals surface area contributed by atoms with E-state index < -0.39 is 0 Å². The molecule has 0 aliphatic rings. The van der Waals surface area contributed by atoms with E-state index in [1.165, 1.54) is 0 Å². The lowest BCUT2D eigenvalue weighted by molar-refractivity contribution is 0.295. The van der Waals surface area contributed by atoms with Gasteiger partial charge in [-0.1, -0.05) is 6.07 Å². The van der Waals surface area contributed by atoms with Crippen LogP contribution in [0.3, 0.4) is 0 Å². The molecule has 0 saturated carbocycles. The Bertz CT molecular complexity index is 752. The van der Waals surface area contributed by atoms with Gasteiger partial charge in [-0.25, -0.2) is 0 Å². The van der Waals surface area contributed by atoms with E-state index in [0.29, 0.717) is 18.1 Å². The summed E-state index contributed by atoms with van der Waals surface area (Å²) < 4.78 is 13.1. The molecule has 24 heavy (non-hydrogen) atoms. The van der Waals surface area contributed by atoms with Gasteiger partial charge >= 0.3 is 0 Å². The molecule has 0 fully saturated rings. The zero-order chi connectivity index (χ0) is 17.5. The van der Waals surface area contributed by atoms with Gasteiger partial charge in [0.25, 0.3) is 0 Å². The average Bonchev–Trinajstić information content (AvgIpc) is 2.54. The van der Waals surface area contributed by atoms with Crippen LogP contribution in [0, 0.1) is 13.8 Å². The van der Waals surface area contributed by atoms with Gasteiger partial charge in [0, 0.05) is 36.3 Å². The second-order valence-corrected chi connectivity index (χ2v) is 5.52. The summed E-state index contributed by atoms with van der Waals surface area (Å²) in [6.07, 6.45) is 3.93. The molecule has 2 aromatic rings. The van der Waals surface area contributed by atoms with Crippen LogP contribution in [0.5, 0.6) is 11.5 Å². The zero-order valence-electron chi connectivity index (χ0n) is 14.6. The standard InChI is InChI=1S/C19H24N2O3/c1-14-11-17(22)12-15(2)21(14)9-7-16-5-6-18(23-4)19(13-16)24-10-8-20-3/h5-7,9,11-13,20H,8,10H2,1-4H3/b9-7+. The quantitative estimate of drug-likeness (QED) is 0.794. The Morgan fingerprint density at radius 1 is 1.12 bits per heavy atom. The number of rotatable bonds is 7. The molecule has 0 spiro atoms. The number of nitrogens with zero attached hydrogens (tertiary/aromatic N) is 1. The first-order valence-electron chi connectivity index (χ1n) is 7.88. The SMILES string of the molecule is CNCCOc1cc(/C=C/n2c(C)cc(=O)cc2C)ccc1OC. The first kappa shape index (κ1) is 17.8. The van der Waals surface area contributed by atoms with E-state index in [2.05, 4.69) is 5.32 Å². The Morgan fingerprint density at radius 2 is 1.83 bits per heavy atom. The average molecular weight is 328 g/mol. The smallest absolute Gasteiger partial charge is 0.182 e. The highest BCUT2D eigenvalue weighted by Gasteiger charge is 2.05. The van der Waals surface area contributed by atoms with E-state index in [9.17, 15) is 4.79 Å². The zero-order valence-corrected chi connectivity index (χ0v) is 14.6. The maximum absolute atomic E-state index is 11.5. The Balaban J connectivity index is 2.26. The minimum Gasteiger partial charge on any atom is -0.493 e. The highest BCUT2D eigenvalue weighted by molar-refractivity contribution is 5.64. The summed E-state index contributed by atoms with van der Waals surface area (Å²) in [7, 11) is 3.51. The van der Waals surface area contributed by atoms with Crippen molar-refractivity contribution in [3.8, 4) is 11.5 Å². The van der Waals surface area contributed by atoms with Crippen molar-refractivity contribution in [2.45, 2.75) is 13.8 Å². The van der Waals surface area contributed by atoms with Gasteiger partial charge in [-0.05, 0) is 44.7 Å². The van der Waals surface area contributed by atoms with Gasteiger partial charge in [0.15, 0.2) is 16.9 Å². The van der Waals surface area contributed by atoms with Crippen LogP contribution in [0.1, 0.15) is 17.0 Å². The first-order valence-corrected chi connectivity index (χ1v) is 7.88. The Morgan fingerprint density at radius 3 is 2.46 bits per heavy atom. The molecule has 1 aromatic carbocycles. The third-order valence-corrected chi connectivity index (χ3v) is 3.68. The van der Waals surface area contributed by atoms with Gasteiger partial charge in [0.2, 0.25) is 0 Å².